The number of fused-ring (bicyclic) bond motifs is 4. The van der Waals surface area contributed by atoms with Crippen molar-refractivity contribution < 1.29 is 4.79 Å². The maximum atomic E-state index is 12.9. The number of thioether (sulfide) groups is 1. The Morgan fingerprint density at radius 2 is 1.76 bits per heavy atom. The number of hydrogen-bond donors (Lipinski definition) is 0. The van der Waals surface area contributed by atoms with Gasteiger partial charge in [0.05, 0.1) is 16.7 Å². The van der Waals surface area contributed by atoms with Crippen LogP contribution in [0.1, 0.15) is 21.5 Å². The average molecular weight is 398 g/mol. The van der Waals surface area contributed by atoms with Gasteiger partial charge >= 0.3 is 0 Å². The Morgan fingerprint density at radius 1 is 1.00 bits per heavy atom. The molecule has 0 aliphatic heterocycles. The van der Waals surface area contributed by atoms with Crippen LogP contribution in [0.15, 0.2) is 76.7 Å². The Morgan fingerprint density at radius 3 is 2.66 bits per heavy atom. The van der Waals surface area contributed by atoms with Crippen LogP contribution < -0.4 is 5.56 Å². The number of carbonyl (C=O) groups excluding carboxylic acids is 1. The summed E-state index contributed by atoms with van der Waals surface area (Å²) >= 11 is 1.30. The van der Waals surface area contributed by atoms with E-state index in [0.717, 1.165) is 12.0 Å². The highest BCUT2D eigenvalue weighted by Gasteiger charge is 2.20. The molecule has 0 amide bonds. The summed E-state index contributed by atoms with van der Waals surface area (Å²) in [6, 6.07) is 21.6. The molecule has 0 radical (unpaired) electrons. The summed E-state index contributed by atoms with van der Waals surface area (Å²) in [5.74, 6) is 0.267. The molecule has 5 rings (SSSR count). The third-order valence-electron chi connectivity index (χ3n) is 5.39. The molecular formula is C24H18N2O2S. The van der Waals surface area contributed by atoms with Crippen molar-refractivity contribution in [2.45, 2.75) is 11.6 Å². The molecular weight excluding hydrogens is 380 g/mol. The Kier molecular flexibility index (Phi) is 4.32. The first-order valence-electron chi connectivity index (χ1n) is 9.45. The molecule has 29 heavy (non-hydrogen) atoms. The van der Waals surface area contributed by atoms with Crippen molar-refractivity contribution in [1.82, 2.24) is 9.55 Å². The molecule has 0 bridgehead atoms. The number of para-hydroxylation sites is 1. The summed E-state index contributed by atoms with van der Waals surface area (Å²) in [7, 11) is 1.70. The van der Waals surface area contributed by atoms with Crippen molar-refractivity contribution in [3.8, 4) is 11.1 Å². The number of benzene rings is 3. The Balaban J connectivity index is 1.41. The predicted octanol–water partition coefficient (Wildman–Crippen LogP) is 4.48. The van der Waals surface area contributed by atoms with Gasteiger partial charge in [0.2, 0.25) is 0 Å². The fourth-order valence-electron chi connectivity index (χ4n) is 3.84. The lowest BCUT2D eigenvalue weighted by Crippen LogP contribution is -2.20. The van der Waals surface area contributed by atoms with Crippen LogP contribution in [0.3, 0.4) is 0 Å². The molecule has 1 aliphatic carbocycles. The molecule has 0 saturated heterocycles. The second-order valence-electron chi connectivity index (χ2n) is 7.19. The van der Waals surface area contributed by atoms with E-state index in [1.807, 2.05) is 42.5 Å². The molecule has 0 unspecified atom stereocenters. The molecule has 4 aromatic rings. The van der Waals surface area contributed by atoms with Crippen LogP contribution in [-0.2, 0) is 13.5 Å². The highest BCUT2D eigenvalue weighted by Crippen LogP contribution is 2.37. The predicted molar refractivity (Wildman–Crippen MR) is 117 cm³/mol. The van der Waals surface area contributed by atoms with Gasteiger partial charge in [-0.25, -0.2) is 4.98 Å². The molecule has 1 aromatic heterocycles. The zero-order valence-corrected chi connectivity index (χ0v) is 16.7. The number of hydrogen-bond acceptors (Lipinski definition) is 4. The van der Waals surface area contributed by atoms with Crippen LogP contribution in [-0.4, -0.2) is 21.1 Å². The van der Waals surface area contributed by atoms with E-state index in [1.54, 1.807) is 13.1 Å². The highest BCUT2D eigenvalue weighted by atomic mass is 32.2. The van der Waals surface area contributed by atoms with E-state index in [0.29, 0.717) is 21.6 Å². The van der Waals surface area contributed by atoms with Gasteiger partial charge in [0.1, 0.15) is 0 Å². The molecule has 4 nitrogen and oxygen atoms in total. The van der Waals surface area contributed by atoms with Crippen molar-refractivity contribution in [1.29, 1.82) is 0 Å². The molecule has 3 aromatic carbocycles. The van der Waals surface area contributed by atoms with Crippen LogP contribution in [0, 0.1) is 0 Å². The van der Waals surface area contributed by atoms with E-state index in [1.165, 1.54) is 33.0 Å². The fraction of sp³-hybridized carbons (Fsp3) is 0.125. The van der Waals surface area contributed by atoms with Crippen molar-refractivity contribution in [3.05, 3.63) is 93.8 Å². The summed E-state index contributed by atoms with van der Waals surface area (Å²) < 4.78 is 1.51. The smallest absolute Gasteiger partial charge is 0.261 e. The van der Waals surface area contributed by atoms with Crippen LogP contribution in [0.4, 0.5) is 0 Å². The molecule has 142 valence electrons. The Hall–Kier alpha value is -3.18. The van der Waals surface area contributed by atoms with Crippen LogP contribution in [0.25, 0.3) is 22.0 Å². The van der Waals surface area contributed by atoms with Gasteiger partial charge in [0.25, 0.3) is 5.56 Å². The van der Waals surface area contributed by atoms with E-state index >= 15 is 0 Å². The largest absolute Gasteiger partial charge is 0.293 e. The first-order chi connectivity index (χ1) is 14.1. The van der Waals surface area contributed by atoms with E-state index < -0.39 is 0 Å². The molecule has 1 aliphatic rings. The second-order valence-corrected chi connectivity index (χ2v) is 8.14. The summed E-state index contributed by atoms with van der Waals surface area (Å²) in [4.78, 5) is 29.9. The van der Waals surface area contributed by atoms with E-state index in [4.69, 9.17) is 0 Å². The van der Waals surface area contributed by atoms with Crippen molar-refractivity contribution in [2.75, 3.05) is 5.75 Å². The molecule has 0 spiro atoms. The maximum Gasteiger partial charge on any atom is 0.261 e. The van der Waals surface area contributed by atoms with Gasteiger partial charge in [-0.05, 0) is 46.9 Å². The SMILES string of the molecule is Cn1c(SCC(=O)c2ccc3c(c2)-c2ccccc2C3)nc2ccccc2c1=O. The highest BCUT2D eigenvalue weighted by molar-refractivity contribution is 7.99. The van der Waals surface area contributed by atoms with Gasteiger partial charge < -0.3 is 0 Å². The number of ketones is 1. The first-order valence-corrected chi connectivity index (χ1v) is 10.4. The quantitative estimate of drug-likeness (QED) is 0.254. The van der Waals surface area contributed by atoms with Crippen molar-refractivity contribution in [2.24, 2.45) is 7.05 Å². The molecule has 0 saturated carbocycles. The van der Waals surface area contributed by atoms with E-state index in [2.05, 4.69) is 23.2 Å². The third kappa shape index (κ3) is 3.08. The summed E-state index contributed by atoms with van der Waals surface area (Å²) in [6.07, 6.45) is 0.915. The Labute approximate surface area is 172 Å². The van der Waals surface area contributed by atoms with Crippen LogP contribution >= 0.6 is 11.8 Å². The minimum atomic E-state index is -0.0975. The number of aromatic nitrogens is 2. The lowest BCUT2D eigenvalue weighted by atomic mass is 10.0. The Bertz CT molecular complexity index is 1340. The lowest BCUT2D eigenvalue weighted by molar-refractivity contribution is 0.102. The van der Waals surface area contributed by atoms with Gasteiger partial charge in [-0.3, -0.25) is 14.2 Å². The van der Waals surface area contributed by atoms with Crippen molar-refractivity contribution in [3.63, 3.8) is 0 Å². The minimum Gasteiger partial charge on any atom is -0.293 e. The number of carbonyl (C=O) groups is 1. The standard InChI is InChI=1S/C24H18N2O2S/c1-26-23(28)19-8-4-5-9-21(19)25-24(26)29-14-22(27)17-11-10-16-12-15-6-2-3-7-18(15)20(16)13-17/h2-11,13H,12,14H2,1H3. The monoisotopic (exact) mass is 398 g/mol. The zero-order valence-electron chi connectivity index (χ0n) is 15.9. The van der Waals surface area contributed by atoms with Crippen LogP contribution in [0.2, 0.25) is 0 Å². The van der Waals surface area contributed by atoms with Gasteiger partial charge in [0, 0.05) is 12.6 Å². The minimum absolute atomic E-state index is 0.0320. The van der Waals surface area contributed by atoms with E-state index in [9.17, 15) is 9.59 Å². The fourth-order valence-corrected chi connectivity index (χ4v) is 4.70. The van der Waals surface area contributed by atoms with Gasteiger partial charge in [-0.15, -0.1) is 0 Å². The van der Waals surface area contributed by atoms with Gasteiger partial charge in [-0.1, -0.05) is 60.3 Å². The summed E-state index contributed by atoms with van der Waals surface area (Å²) in [6.45, 7) is 0. The average Bonchev–Trinajstić information content (AvgIpc) is 3.13. The normalized spacial score (nSPS) is 12.0. The van der Waals surface area contributed by atoms with Gasteiger partial charge in [0.15, 0.2) is 10.9 Å². The topological polar surface area (TPSA) is 52.0 Å². The zero-order chi connectivity index (χ0) is 20.0. The van der Waals surface area contributed by atoms with Crippen LogP contribution in [0.5, 0.6) is 0 Å². The summed E-state index contributed by atoms with van der Waals surface area (Å²) in [5, 5.41) is 1.14. The van der Waals surface area contributed by atoms with Crippen molar-refractivity contribution >= 4 is 28.4 Å². The first kappa shape index (κ1) is 17.9. The molecule has 0 fully saturated rings. The second kappa shape index (κ2) is 7.01. The third-order valence-corrected chi connectivity index (χ3v) is 6.42. The van der Waals surface area contributed by atoms with Gasteiger partial charge in [-0.2, -0.15) is 0 Å². The molecule has 1 heterocycles. The molecule has 0 atom stereocenters. The maximum absolute atomic E-state index is 12.9. The number of rotatable bonds is 4. The molecule has 5 heteroatoms. The summed E-state index contributed by atoms with van der Waals surface area (Å²) in [5.41, 5.74) is 6.17. The lowest BCUT2D eigenvalue weighted by Gasteiger charge is -2.09. The van der Waals surface area contributed by atoms with E-state index in [-0.39, 0.29) is 17.1 Å². The number of Topliss-reactive ketones (excluding diaryl/α,β-unsaturated/α-hetero) is 1. The molecule has 0 N–H and O–H groups in total. The number of nitrogens with zero attached hydrogens (tertiary/aromatic N) is 2.